The number of hydrogen-bond acceptors (Lipinski definition) is 6. The van der Waals surface area contributed by atoms with Gasteiger partial charge in [0.25, 0.3) is 0 Å². The summed E-state index contributed by atoms with van der Waals surface area (Å²) in [6.45, 7) is -0.189. The summed E-state index contributed by atoms with van der Waals surface area (Å²) in [5, 5.41) is 15.9. The van der Waals surface area contributed by atoms with Gasteiger partial charge in [-0.3, -0.25) is 9.59 Å². The second kappa shape index (κ2) is 9.97. The van der Waals surface area contributed by atoms with Crippen molar-refractivity contribution < 1.29 is 28.9 Å². The molecule has 1 saturated heterocycles. The van der Waals surface area contributed by atoms with Gasteiger partial charge in [-0.1, -0.05) is 19.3 Å². The fraction of sp³-hybridized carbons (Fsp3) is 0.652. The third kappa shape index (κ3) is 5.19. The highest BCUT2D eigenvalue weighted by Gasteiger charge is 2.46. The maximum Gasteiger partial charge on any atom is 0.250 e. The van der Waals surface area contributed by atoms with Gasteiger partial charge in [-0.05, 0) is 37.5 Å². The third-order valence-electron chi connectivity index (χ3n) is 6.44. The Labute approximate surface area is 182 Å². The minimum absolute atomic E-state index is 0.00626. The number of benzene rings is 1. The zero-order chi connectivity index (χ0) is 21.8. The summed E-state index contributed by atoms with van der Waals surface area (Å²) in [4.78, 5) is 24.5. The van der Waals surface area contributed by atoms with Crippen molar-refractivity contribution in [3.8, 4) is 5.75 Å². The second-order valence-corrected chi connectivity index (χ2v) is 8.74. The number of aliphatic hydroxyl groups excluding tert-OH is 1. The molecule has 2 heterocycles. The normalized spacial score (nSPS) is 27.7. The highest BCUT2D eigenvalue weighted by molar-refractivity contribution is 5.92. The number of hydrogen-bond donors (Lipinski definition) is 3. The zero-order valence-corrected chi connectivity index (χ0v) is 18.0. The Morgan fingerprint density at radius 2 is 2.00 bits per heavy atom. The quantitative estimate of drug-likeness (QED) is 0.609. The van der Waals surface area contributed by atoms with Crippen molar-refractivity contribution in [3.05, 3.63) is 23.8 Å². The molecule has 0 bridgehead atoms. The van der Waals surface area contributed by atoms with E-state index in [2.05, 4.69) is 10.6 Å². The average Bonchev–Trinajstić information content (AvgIpc) is 3.12. The van der Waals surface area contributed by atoms with Crippen LogP contribution in [0.15, 0.2) is 18.2 Å². The van der Waals surface area contributed by atoms with Gasteiger partial charge in [-0.2, -0.15) is 0 Å². The number of aliphatic hydroxyl groups is 1. The smallest absolute Gasteiger partial charge is 0.250 e. The van der Waals surface area contributed by atoms with Crippen LogP contribution >= 0.6 is 0 Å². The predicted molar refractivity (Wildman–Crippen MR) is 114 cm³/mol. The van der Waals surface area contributed by atoms with E-state index in [0.717, 1.165) is 24.2 Å². The van der Waals surface area contributed by atoms with E-state index in [9.17, 15) is 14.7 Å². The van der Waals surface area contributed by atoms with E-state index in [0.29, 0.717) is 12.1 Å². The number of carbonyl (C=O) groups is 2. The molecule has 2 aliphatic heterocycles. The average molecular weight is 433 g/mol. The first kappa shape index (κ1) is 22.0. The van der Waals surface area contributed by atoms with E-state index in [1.807, 2.05) is 12.1 Å². The van der Waals surface area contributed by atoms with Gasteiger partial charge in [0.2, 0.25) is 11.8 Å². The van der Waals surface area contributed by atoms with Gasteiger partial charge in [0, 0.05) is 30.3 Å². The summed E-state index contributed by atoms with van der Waals surface area (Å²) in [5.41, 5.74) is 1.64. The third-order valence-corrected chi connectivity index (χ3v) is 6.44. The van der Waals surface area contributed by atoms with E-state index in [1.54, 1.807) is 6.07 Å². The molecule has 0 spiro atoms. The number of methoxy groups -OCH3 is 1. The van der Waals surface area contributed by atoms with Crippen LogP contribution in [0.2, 0.25) is 0 Å². The lowest BCUT2D eigenvalue weighted by Gasteiger charge is -2.37. The van der Waals surface area contributed by atoms with E-state index in [4.69, 9.17) is 14.2 Å². The first-order valence-electron chi connectivity index (χ1n) is 11.2. The van der Waals surface area contributed by atoms with Gasteiger partial charge in [0.15, 0.2) is 0 Å². The standard InChI is InChI=1S/C23H32N2O6/c1-29-13-22(28)25-15-7-8-19-17(9-15)18-10-16(30-20(12-26)23(18)31-19)11-21(27)24-14-5-3-2-4-6-14/h7-9,14,16,18,20,23,26H,2-6,10-13H2,1H3,(H,24,27)(H,25,28)/t16-,18-,20-,23+/m0/s1. The monoisotopic (exact) mass is 432 g/mol. The number of amides is 2. The van der Waals surface area contributed by atoms with Crippen molar-refractivity contribution in [1.82, 2.24) is 5.32 Å². The summed E-state index contributed by atoms with van der Waals surface area (Å²) >= 11 is 0. The van der Waals surface area contributed by atoms with Crippen molar-refractivity contribution in [1.29, 1.82) is 0 Å². The van der Waals surface area contributed by atoms with Crippen LogP contribution in [0.3, 0.4) is 0 Å². The van der Waals surface area contributed by atoms with E-state index < -0.39 is 6.10 Å². The summed E-state index contributed by atoms with van der Waals surface area (Å²) in [6.07, 6.45) is 5.47. The molecule has 8 nitrogen and oxygen atoms in total. The summed E-state index contributed by atoms with van der Waals surface area (Å²) in [6, 6.07) is 5.79. The maximum absolute atomic E-state index is 12.6. The first-order chi connectivity index (χ1) is 15.1. The minimum atomic E-state index is -0.495. The Balaban J connectivity index is 1.43. The molecule has 1 aromatic rings. The fourth-order valence-electron chi connectivity index (χ4n) is 5.04. The molecular weight excluding hydrogens is 400 g/mol. The molecule has 31 heavy (non-hydrogen) atoms. The van der Waals surface area contributed by atoms with Crippen molar-refractivity contribution >= 4 is 17.5 Å². The topological polar surface area (TPSA) is 106 Å². The number of anilines is 1. The molecule has 1 aromatic carbocycles. The molecular formula is C23H32N2O6. The van der Waals surface area contributed by atoms with E-state index in [1.165, 1.54) is 26.4 Å². The van der Waals surface area contributed by atoms with Crippen LogP contribution in [-0.2, 0) is 19.1 Å². The molecule has 170 valence electrons. The molecule has 1 saturated carbocycles. The van der Waals surface area contributed by atoms with Crippen LogP contribution in [0.5, 0.6) is 5.75 Å². The van der Waals surface area contributed by atoms with Crippen LogP contribution in [-0.4, -0.2) is 61.6 Å². The van der Waals surface area contributed by atoms with E-state index in [-0.39, 0.29) is 55.6 Å². The lowest BCUT2D eigenvalue weighted by Crippen LogP contribution is -2.48. The van der Waals surface area contributed by atoms with Crippen LogP contribution in [0.4, 0.5) is 5.69 Å². The van der Waals surface area contributed by atoms with Crippen molar-refractivity contribution in [2.45, 2.75) is 75.2 Å². The van der Waals surface area contributed by atoms with E-state index >= 15 is 0 Å². The molecule has 0 aromatic heterocycles. The predicted octanol–water partition coefficient (Wildman–Crippen LogP) is 2.10. The minimum Gasteiger partial charge on any atom is -0.487 e. The van der Waals surface area contributed by atoms with Crippen molar-refractivity contribution in [3.63, 3.8) is 0 Å². The van der Waals surface area contributed by atoms with Gasteiger partial charge in [0.1, 0.15) is 24.6 Å². The van der Waals surface area contributed by atoms with Gasteiger partial charge in [0.05, 0.1) is 19.1 Å². The second-order valence-electron chi connectivity index (χ2n) is 8.74. The summed E-state index contributed by atoms with van der Waals surface area (Å²) in [5.74, 6) is 0.504. The Hall–Kier alpha value is -2.16. The fourth-order valence-corrected chi connectivity index (χ4v) is 5.04. The van der Waals surface area contributed by atoms with Gasteiger partial charge >= 0.3 is 0 Å². The molecule has 4 atom stereocenters. The Bertz CT molecular complexity index is 794. The molecule has 0 unspecified atom stereocenters. The van der Waals surface area contributed by atoms with Gasteiger partial charge < -0.3 is 30.0 Å². The van der Waals surface area contributed by atoms with Crippen molar-refractivity contribution in [2.75, 3.05) is 25.6 Å². The molecule has 8 heteroatoms. The van der Waals surface area contributed by atoms with Gasteiger partial charge in [-0.25, -0.2) is 0 Å². The number of carbonyl (C=O) groups excluding carboxylic acids is 2. The van der Waals surface area contributed by atoms with Crippen molar-refractivity contribution in [2.24, 2.45) is 0 Å². The molecule has 2 fully saturated rings. The number of nitrogens with one attached hydrogen (secondary N) is 2. The van der Waals surface area contributed by atoms with Crippen LogP contribution in [0.1, 0.15) is 56.4 Å². The molecule has 3 aliphatic rings. The van der Waals surface area contributed by atoms with Crippen LogP contribution < -0.4 is 15.4 Å². The molecule has 2 amide bonds. The number of rotatable bonds is 7. The largest absolute Gasteiger partial charge is 0.487 e. The maximum atomic E-state index is 12.6. The van der Waals surface area contributed by atoms with Crippen LogP contribution in [0.25, 0.3) is 0 Å². The Morgan fingerprint density at radius 1 is 1.19 bits per heavy atom. The van der Waals surface area contributed by atoms with Crippen LogP contribution in [0, 0.1) is 0 Å². The number of fused-ring (bicyclic) bond motifs is 3. The molecule has 1 aliphatic carbocycles. The highest BCUT2D eigenvalue weighted by Crippen LogP contribution is 2.47. The lowest BCUT2D eigenvalue weighted by molar-refractivity contribution is -0.142. The van der Waals surface area contributed by atoms with Gasteiger partial charge in [-0.15, -0.1) is 0 Å². The zero-order valence-electron chi connectivity index (χ0n) is 18.0. The molecule has 3 N–H and O–H groups in total. The Kier molecular flexibility index (Phi) is 7.09. The Morgan fingerprint density at radius 3 is 2.74 bits per heavy atom. The SMILES string of the molecule is COCC(=O)Nc1ccc2c(c1)[C@@H]1C[C@@H](CC(=O)NC3CCCCC3)O[C@@H](CO)[C@@H]1O2. The first-order valence-corrected chi connectivity index (χ1v) is 11.2. The highest BCUT2D eigenvalue weighted by atomic mass is 16.6. The summed E-state index contributed by atoms with van der Waals surface area (Å²) < 4.78 is 17.0. The molecule has 4 rings (SSSR count). The molecule has 0 radical (unpaired) electrons. The summed E-state index contributed by atoms with van der Waals surface area (Å²) in [7, 11) is 1.47. The number of ether oxygens (including phenoxy) is 3. The lowest BCUT2D eigenvalue weighted by atomic mass is 9.84.